The average Bonchev–Trinajstić information content (AvgIpc) is 2.83. The number of fused-ring (bicyclic) bond motifs is 1. The van der Waals surface area contributed by atoms with Crippen molar-refractivity contribution < 1.29 is 9.90 Å². The Morgan fingerprint density at radius 1 is 1.03 bits per heavy atom. The Kier molecular flexibility index (Phi) is 7.76. The number of nitrogens with zero attached hydrogens (tertiary/aromatic N) is 1. The van der Waals surface area contributed by atoms with E-state index in [1.165, 1.54) is 43.2 Å². The van der Waals surface area contributed by atoms with Crippen LogP contribution in [-0.2, 0) is 11.2 Å². The van der Waals surface area contributed by atoms with Crippen molar-refractivity contribution in [3.8, 4) is 0 Å². The number of hydrogen-bond acceptors (Lipinski definition) is 3. The topological polar surface area (TPSA) is 52.6 Å². The lowest BCUT2D eigenvalue weighted by Crippen LogP contribution is -2.44. The lowest BCUT2D eigenvalue weighted by atomic mass is 9.77. The number of benzene rings is 2. The summed E-state index contributed by atoms with van der Waals surface area (Å²) in [4.78, 5) is 15.6. The molecule has 2 N–H and O–H groups in total. The molecule has 2 aliphatic rings. The van der Waals surface area contributed by atoms with Gasteiger partial charge in [0.1, 0.15) is 0 Å². The first kappa shape index (κ1) is 22.0. The number of carbonyl (C=O) groups excluding carboxylic acids is 1. The molecule has 1 aliphatic carbocycles. The number of carbonyl (C=O) groups is 1. The Morgan fingerprint density at radius 2 is 1.77 bits per heavy atom. The van der Waals surface area contributed by atoms with Crippen LogP contribution in [-0.4, -0.2) is 35.6 Å². The van der Waals surface area contributed by atoms with Crippen LogP contribution in [0.5, 0.6) is 0 Å². The molecule has 31 heavy (non-hydrogen) atoms. The Hall–Kier alpha value is -2.17. The van der Waals surface area contributed by atoms with Crippen LogP contribution in [0.25, 0.3) is 0 Å². The monoisotopic (exact) mass is 420 g/mol. The summed E-state index contributed by atoms with van der Waals surface area (Å²) in [6.07, 6.45) is 8.46. The fourth-order valence-electron chi connectivity index (χ4n) is 5.53. The van der Waals surface area contributed by atoms with E-state index in [-0.39, 0.29) is 24.6 Å². The van der Waals surface area contributed by atoms with E-state index in [2.05, 4.69) is 46.6 Å². The van der Waals surface area contributed by atoms with Crippen LogP contribution in [0, 0.1) is 5.92 Å². The maximum atomic E-state index is 13.4. The molecule has 4 rings (SSSR count). The van der Waals surface area contributed by atoms with Crippen molar-refractivity contribution in [1.29, 1.82) is 0 Å². The second-order valence-electron chi connectivity index (χ2n) is 9.06. The van der Waals surface area contributed by atoms with Gasteiger partial charge in [-0.05, 0) is 48.3 Å². The fourth-order valence-corrected chi connectivity index (χ4v) is 5.53. The van der Waals surface area contributed by atoms with Crippen LogP contribution in [0.3, 0.4) is 0 Å². The maximum Gasteiger partial charge on any atom is 0.224 e. The van der Waals surface area contributed by atoms with Gasteiger partial charge in [0.05, 0.1) is 6.04 Å². The zero-order valence-electron chi connectivity index (χ0n) is 18.5. The maximum absolute atomic E-state index is 13.4. The summed E-state index contributed by atoms with van der Waals surface area (Å²) in [5.74, 6) is 0.840. The molecule has 1 aliphatic heterocycles. The first-order valence-corrected chi connectivity index (χ1v) is 12.0. The Balaban J connectivity index is 1.43. The van der Waals surface area contributed by atoms with Crippen molar-refractivity contribution in [3.05, 3.63) is 71.3 Å². The molecule has 0 radical (unpaired) electrons. The van der Waals surface area contributed by atoms with Crippen LogP contribution in [0.4, 0.5) is 0 Å². The summed E-state index contributed by atoms with van der Waals surface area (Å²) in [7, 11) is 0. The molecular weight excluding hydrogens is 384 g/mol. The van der Waals surface area contributed by atoms with Gasteiger partial charge < -0.3 is 15.3 Å². The first-order valence-electron chi connectivity index (χ1n) is 12.0. The first-order chi connectivity index (χ1) is 15.3. The van der Waals surface area contributed by atoms with Gasteiger partial charge in [-0.1, -0.05) is 73.9 Å². The number of rotatable bonds is 8. The largest absolute Gasteiger partial charge is 0.396 e. The molecule has 4 heteroatoms. The van der Waals surface area contributed by atoms with E-state index in [1.807, 2.05) is 18.2 Å². The highest BCUT2D eigenvalue weighted by atomic mass is 16.3. The third-order valence-corrected chi connectivity index (χ3v) is 7.10. The van der Waals surface area contributed by atoms with E-state index in [1.54, 1.807) is 0 Å². The average molecular weight is 421 g/mol. The number of amides is 1. The smallest absolute Gasteiger partial charge is 0.224 e. The highest BCUT2D eigenvalue weighted by molar-refractivity contribution is 5.77. The molecule has 4 nitrogen and oxygen atoms in total. The van der Waals surface area contributed by atoms with Crippen molar-refractivity contribution >= 4 is 5.91 Å². The summed E-state index contributed by atoms with van der Waals surface area (Å²) < 4.78 is 0. The van der Waals surface area contributed by atoms with Crippen LogP contribution < -0.4 is 5.32 Å². The molecule has 0 bridgehead atoms. The van der Waals surface area contributed by atoms with Crippen LogP contribution in [0.15, 0.2) is 54.6 Å². The zero-order valence-corrected chi connectivity index (χ0v) is 18.5. The minimum atomic E-state index is 0.0789. The third-order valence-electron chi connectivity index (χ3n) is 7.10. The van der Waals surface area contributed by atoms with Crippen molar-refractivity contribution in [2.75, 3.05) is 19.7 Å². The predicted molar refractivity (Wildman–Crippen MR) is 125 cm³/mol. The third kappa shape index (κ3) is 5.36. The van der Waals surface area contributed by atoms with Crippen molar-refractivity contribution in [1.82, 2.24) is 10.2 Å². The lowest BCUT2D eigenvalue weighted by Gasteiger charge is -2.43. The summed E-state index contributed by atoms with van der Waals surface area (Å²) in [6, 6.07) is 19.3. The number of nitrogens with one attached hydrogen (secondary N) is 1. The molecule has 0 aromatic heterocycles. The van der Waals surface area contributed by atoms with Gasteiger partial charge in [0.25, 0.3) is 0 Å². The Morgan fingerprint density at radius 3 is 2.55 bits per heavy atom. The van der Waals surface area contributed by atoms with Crippen molar-refractivity contribution in [3.63, 3.8) is 0 Å². The molecule has 2 atom stereocenters. The predicted octanol–water partition coefficient (Wildman–Crippen LogP) is 4.80. The molecule has 1 heterocycles. The van der Waals surface area contributed by atoms with Gasteiger partial charge in [0, 0.05) is 32.2 Å². The van der Waals surface area contributed by atoms with Crippen molar-refractivity contribution in [2.45, 2.75) is 63.5 Å². The highest BCUT2D eigenvalue weighted by Gasteiger charge is 2.36. The quantitative estimate of drug-likeness (QED) is 0.645. The van der Waals surface area contributed by atoms with Crippen LogP contribution in [0.1, 0.15) is 73.7 Å². The van der Waals surface area contributed by atoms with Gasteiger partial charge in [-0.3, -0.25) is 4.79 Å². The standard InChI is InChI=1S/C27H36N2O2/c30-20-17-25(22-10-3-1-4-11-22)28-18-15-26(31)29-19-16-21-9-7-8-14-24(21)27(29)23-12-5-2-6-13-23/h1,3-4,7-11,14,23,25,27-28,30H,2,5-6,12-13,15-20H2/t25-,27?/m0/s1. The van der Waals surface area contributed by atoms with E-state index < -0.39 is 0 Å². The minimum Gasteiger partial charge on any atom is -0.396 e. The van der Waals surface area contributed by atoms with E-state index in [0.29, 0.717) is 25.3 Å². The molecule has 1 amide bonds. The summed E-state index contributed by atoms with van der Waals surface area (Å²) >= 11 is 0. The van der Waals surface area contributed by atoms with Gasteiger partial charge >= 0.3 is 0 Å². The second-order valence-corrected chi connectivity index (χ2v) is 9.06. The summed E-state index contributed by atoms with van der Waals surface area (Å²) in [5, 5.41) is 13.0. The van der Waals surface area contributed by atoms with E-state index in [4.69, 9.17) is 0 Å². The van der Waals surface area contributed by atoms with Gasteiger partial charge in [0.15, 0.2) is 0 Å². The van der Waals surface area contributed by atoms with Gasteiger partial charge in [-0.25, -0.2) is 0 Å². The number of aliphatic hydroxyl groups is 1. The molecule has 2 aromatic carbocycles. The second kappa shape index (κ2) is 10.9. The highest BCUT2D eigenvalue weighted by Crippen LogP contribution is 2.42. The molecule has 0 saturated heterocycles. The SMILES string of the molecule is O=C(CCN[C@@H](CCO)c1ccccc1)N1CCc2ccccc2C1C1CCCCC1. The zero-order chi connectivity index (χ0) is 21.5. The van der Waals surface area contributed by atoms with Gasteiger partial charge in [-0.15, -0.1) is 0 Å². The summed E-state index contributed by atoms with van der Waals surface area (Å²) in [6.45, 7) is 1.59. The van der Waals surface area contributed by atoms with Gasteiger partial charge in [0.2, 0.25) is 5.91 Å². The lowest BCUT2D eigenvalue weighted by molar-refractivity contribution is -0.135. The molecule has 166 valence electrons. The molecule has 0 spiro atoms. The van der Waals surface area contributed by atoms with E-state index in [9.17, 15) is 9.90 Å². The Labute approximate surface area is 186 Å². The molecule has 1 fully saturated rings. The molecule has 1 unspecified atom stereocenters. The number of hydrogen-bond donors (Lipinski definition) is 2. The minimum absolute atomic E-state index is 0.0789. The fraction of sp³-hybridized carbons (Fsp3) is 0.519. The number of aliphatic hydroxyl groups excluding tert-OH is 1. The van der Waals surface area contributed by atoms with Gasteiger partial charge in [-0.2, -0.15) is 0 Å². The van der Waals surface area contributed by atoms with E-state index in [0.717, 1.165) is 18.5 Å². The molecular formula is C27H36N2O2. The Bertz CT molecular complexity index is 832. The molecule has 2 aromatic rings. The van der Waals surface area contributed by atoms with Crippen LogP contribution >= 0.6 is 0 Å². The summed E-state index contributed by atoms with van der Waals surface area (Å²) in [5.41, 5.74) is 3.97. The van der Waals surface area contributed by atoms with Crippen LogP contribution in [0.2, 0.25) is 0 Å². The normalized spacial score (nSPS) is 20.3. The van der Waals surface area contributed by atoms with Crippen molar-refractivity contribution in [2.24, 2.45) is 5.92 Å². The van der Waals surface area contributed by atoms with E-state index >= 15 is 0 Å². The molecule has 1 saturated carbocycles.